The molecule has 0 spiro atoms. The molecule has 0 radical (unpaired) electrons. The number of benzene rings is 1. The highest BCUT2D eigenvalue weighted by molar-refractivity contribution is 5.31. The van der Waals surface area contributed by atoms with E-state index in [1.54, 1.807) is 0 Å². The van der Waals surface area contributed by atoms with Gasteiger partial charge < -0.3 is 5.11 Å². The molecule has 1 heterocycles. The summed E-state index contributed by atoms with van der Waals surface area (Å²) in [5.74, 6) is 0. The highest BCUT2D eigenvalue weighted by atomic mass is 16.3. The molecular formula is C17H27NO. The van der Waals surface area contributed by atoms with Crippen LogP contribution in [0.25, 0.3) is 0 Å². The summed E-state index contributed by atoms with van der Waals surface area (Å²) in [6.07, 6.45) is 4.74. The number of piperidine rings is 1. The van der Waals surface area contributed by atoms with Gasteiger partial charge in [0.05, 0.1) is 6.10 Å². The van der Waals surface area contributed by atoms with Gasteiger partial charge in [-0.05, 0) is 56.3 Å². The van der Waals surface area contributed by atoms with Crippen molar-refractivity contribution in [2.24, 2.45) is 0 Å². The third-order valence-electron chi connectivity index (χ3n) is 4.54. The van der Waals surface area contributed by atoms with Crippen LogP contribution in [0.2, 0.25) is 0 Å². The molecule has 2 rings (SSSR count). The molecule has 0 aliphatic carbocycles. The molecule has 1 fully saturated rings. The Labute approximate surface area is 117 Å². The number of hydrogen-bond acceptors (Lipinski definition) is 2. The molecule has 2 unspecified atom stereocenters. The molecule has 19 heavy (non-hydrogen) atoms. The topological polar surface area (TPSA) is 23.5 Å². The van der Waals surface area contributed by atoms with Crippen molar-refractivity contribution in [1.29, 1.82) is 0 Å². The van der Waals surface area contributed by atoms with Crippen LogP contribution in [0.15, 0.2) is 18.2 Å². The van der Waals surface area contributed by atoms with Crippen molar-refractivity contribution in [3.05, 3.63) is 34.9 Å². The van der Waals surface area contributed by atoms with Gasteiger partial charge in [-0.3, -0.25) is 4.90 Å². The summed E-state index contributed by atoms with van der Waals surface area (Å²) in [5, 5.41) is 10.5. The minimum absolute atomic E-state index is 0.355. The Morgan fingerprint density at radius 3 is 2.74 bits per heavy atom. The van der Waals surface area contributed by atoms with E-state index >= 15 is 0 Å². The summed E-state index contributed by atoms with van der Waals surface area (Å²) in [5.41, 5.74) is 3.62. The van der Waals surface area contributed by atoms with Gasteiger partial charge in [-0.1, -0.05) is 31.5 Å². The predicted molar refractivity (Wildman–Crippen MR) is 80.4 cm³/mol. The van der Waals surface area contributed by atoms with E-state index in [-0.39, 0.29) is 6.10 Å². The first-order chi connectivity index (χ1) is 9.11. The molecule has 0 aromatic heterocycles. The van der Waals surface area contributed by atoms with Gasteiger partial charge in [-0.2, -0.15) is 0 Å². The molecule has 2 atom stereocenters. The van der Waals surface area contributed by atoms with E-state index in [0.717, 1.165) is 18.7 Å². The number of aliphatic hydroxyl groups is 1. The van der Waals surface area contributed by atoms with Crippen LogP contribution in [0, 0.1) is 13.8 Å². The molecular weight excluding hydrogens is 234 g/mol. The predicted octanol–water partition coefficient (Wildman–Crippen LogP) is 3.60. The van der Waals surface area contributed by atoms with Crippen LogP contribution in [-0.2, 0) is 0 Å². The molecule has 1 N–H and O–H groups in total. The van der Waals surface area contributed by atoms with Crippen LogP contribution in [0.5, 0.6) is 0 Å². The van der Waals surface area contributed by atoms with E-state index in [1.165, 1.54) is 36.8 Å². The van der Waals surface area contributed by atoms with Crippen molar-refractivity contribution in [2.45, 2.75) is 58.6 Å². The lowest BCUT2D eigenvalue weighted by Gasteiger charge is -2.36. The summed E-state index contributed by atoms with van der Waals surface area (Å²) >= 11 is 0. The van der Waals surface area contributed by atoms with Crippen molar-refractivity contribution < 1.29 is 5.11 Å². The molecule has 1 aliphatic rings. The monoisotopic (exact) mass is 261 g/mol. The Morgan fingerprint density at radius 2 is 2.05 bits per heavy atom. The molecule has 1 aliphatic heterocycles. The SMILES string of the molecule is CCC1CCCCN1CC(O)c1ccc(C)c(C)c1. The number of nitrogens with zero attached hydrogens (tertiary/aromatic N) is 1. The summed E-state index contributed by atoms with van der Waals surface area (Å²) < 4.78 is 0. The maximum Gasteiger partial charge on any atom is 0.0917 e. The lowest BCUT2D eigenvalue weighted by atomic mass is 9.97. The van der Waals surface area contributed by atoms with Gasteiger partial charge in [0.1, 0.15) is 0 Å². The number of rotatable bonds is 4. The average molecular weight is 261 g/mol. The van der Waals surface area contributed by atoms with Crippen molar-refractivity contribution >= 4 is 0 Å². The van der Waals surface area contributed by atoms with Crippen molar-refractivity contribution in [1.82, 2.24) is 4.90 Å². The minimum Gasteiger partial charge on any atom is -0.387 e. The fraction of sp³-hybridized carbons (Fsp3) is 0.647. The zero-order valence-electron chi connectivity index (χ0n) is 12.5. The van der Waals surface area contributed by atoms with Gasteiger partial charge in [0.15, 0.2) is 0 Å². The van der Waals surface area contributed by atoms with Gasteiger partial charge in [-0.25, -0.2) is 0 Å². The number of aryl methyl sites for hydroxylation is 2. The second-order valence-electron chi connectivity index (χ2n) is 5.91. The molecule has 0 amide bonds. The normalized spacial score (nSPS) is 22.4. The first kappa shape index (κ1) is 14.5. The van der Waals surface area contributed by atoms with E-state index in [9.17, 15) is 5.11 Å². The third kappa shape index (κ3) is 3.58. The summed E-state index contributed by atoms with van der Waals surface area (Å²) in [6, 6.07) is 6.97. The first-order valence-electron chi connectivity index (χ1n) is 7.61. The third-order valence-corrected chi connectivity index (χ3v) is 4.54. The molecule has 0 bridgehead atoms. The smallest absolute Gasteiger partial charge is 0.0917 e. The Morgan fingerprint density at radius 1 is 1.26 bits per heavy atom. The second kappa shape index (κ2) is 6.53. The Bertz CT molecular complexity index is 416. The van der Waals surface area contributed by atoms with Crippen LogP contribution in [0.4, 0.5) is 0 Å². The van der Waals surface area contributed by atoms with E-state index in [2.05, 4.69) is 43.9 Å². The maximum absolute atomic E-state index is 10.5. The zero-order valence-corrected chi connectivity index (χ0v) is 12.5. The van der Waals surface area contributed by atoms with Crippen LogP contribution < -0.4 is 0 Å². The maximum atomic E-state index is 10.5. The highest BCUT2D eigenvalue weighted by Crippen LogP contribution is 2.24. The largest absolute Gasteiger partial charge is 0.387 e. The Hall–Kier alpha value is -0.860. The Balaban J connectivity index is 2.02. The zero-order chi connectivity index (χ0) is 13.8. The van der Waals surface area contributed by atoms with E-state index in [0.29, 0.717) is 6.04 Å². The highest BCUT2D eigenvalue weighted by Gasteiger charge is 2.23. The lowest BCUT2D eigenvalue weighted by molar-refractivity contribution is 0.0656. The van der Waals surface area contributed by atoms with Gasteiger partial charge in [0, 0.05) is 12.6 Å². The van der Waals surface area contributed by atoms with Crippen LogP contribution in [0.3, 0.4) is 0 Å². The van der Waals surface area contributed by atoms with Crippen molar-refractivity contribution in [3.8, 4) is 0 Å². The number of β-amino-alcohol motifs (C(OH)–C–C–N with tert-alkyl or cyclic N) is 1. The fourth-order valence-electron chi connectivity index (χ4n) is 3.06. The molecule has 2 heteroatoms. The molecule has 0 saturated carbocycles. The summed E-state index contributed by atoms with van der Waals surface area (Å²) in [4.78, 5) is 2.48. The molecule has 1 aromatic rings. The standard InChI is InChI=1S/C17H27NO/c1-4-16-7-5-6-10-18(16)12-17(19)15-9-8-13(2)14(3)11-15/h8-9,11,16-17,19H,4-7,10,12H2,1-3H3. The fourth-order valence-corrected chi connectivity index (χ4v) is 3.06. The van der Waals surface area contributed by atoms with Crippen molar-refractivity contribution in [3.63, 3.8) is 0 Å². The van der Waals surface area contributed by atoms with E-state index in [4.69, 9.17) is 0 Å². The van der Waals surface area contributed by atoms with Crippen LogP contribution in [-0.4, -0.2) is 29.1 Å². The summed E-state index contributed by atoms with van der Waals surface area (Å²) in [6.45, 7) is 8.40. The quantitative estimate of drug-likeness (QED) is 0.895. The summed E-state index contributed by atoms with van der Waals surface area (Å²) in [7, 11) is 0. The van der Waals surface area contributed by atoms with Crippen LogP contribution in [0.1, 0.15) is 55.4 Å². The molecule has 1 aromatic carbocycles. The number of hydrogen-bond donors (Lipinski definition) is 1. The molecule has 106 valence electrons. The van der Waals surface area contributed by atoms with Gasteiger partial charge in [-0.15, -0.1) is 0 Å². The van der Waals surface area contributed by atoms with Crippen LogP contribution >= 0.6 is 0 Å². The Kier molecular flexibility index (Phi) is 5.00. The lowest BCUT2D eigenvalue weighted by Crippen LogP contribution is -2.41. The van der Waals surface area contributed by atoms with E-state index in [1.807, 2.05) is 0 Å². The number of aliphatic hydroxyl groups excluding tert-OH is 1. The van der Waals surface area contributed by atoms with Gasteiger partial charge in [0.25, 0.3) is 0 Å². The second-order valence-corrected chi connectivity index (χ2v) is 5.91. The van der Waals surface area contributed by atoms with Gasteiger partial charge >= 0.3 is 0 Å². The van der Waals surface area contributed by atoms with Crippen molar-refractivity contribution in [2.75, 3.05) is 13.1 Å². The molecule has 1 saturated heterocycles. The van der Waals surface area contributed by atoms with Gasteiger partial charge in [0.2, 0.25) is 0 Å². The average Bonchev–Trinajstić information content (AvgIpc) is 2.42. The number of likely N-dealkylation sites (tertiary alicyclic amines) is 1. The van der Waals surface area contributed by atoms with E-state index < -0.39 is 0 Å². The molecule has 2 nitrogen and oxygen atoms in total. The minimum atomic E-state index is -0.355. The first-order valence-corrected chi connectivity index (χ1v) is 7.61.